The van der Waals surface area contributed by atoms with Crippen LogP contribution in [0.15, 0.2) is 30.3 Å². The molecule has 1 atom stereocenters. The van der Waals surface area contributed by atoms with E-state index < -0.39 is 29.2 Å². The zero-order chi connectivity index (χ0) is 16.0. The zero-order valence-corrected chi connectivity index (χ0v) is 12.0. The first-order valence-electron chi connectivity index (χ1n) is 6.50. The van der Waals surface area contributed by atoms with E-state index in [0.29, 0.717) is 11.1 Å². The third-order valence-corrected chi connectivity index (χ3v) is 4.13. The highest BCUT2D eigenvalue weighted by atomic mass is 35.5. The highest BCUT2D eigenvalue weighted by Crippen LogP contribution is 2.38. The number of carbonyl (C=O) groups is 2. The van der Waals surface area contributed by atoms with Crippen LogP contribution in [0.5, 0.6) is 0 Å². The van der Waals surface area contributed by atoms with Crippen molar-refractivity contribution in [1.29, 1.82) is 0 Å². The van der Waals surface area contributed by atoms with Crippen molar-refractivity contribution < 1.29 is 18.4 Å². The second-order valence-electron chi connectivity index (χ2n) is 5.11. The summed E-state index contributed by atoms with van der Waals surface area (Å²) >= 11 is 5.73. The molecule has 2 aromatic rings. The summed E-state index contributed by atoms with van der Waals surface area (Å²) in [5.41, 5.74) is 6.04. The van der Waals surface area contributed by atoms with Crippen molar-refractivity contribution in [3.05, 3.63) is 69.2 Å². The van der Waals surface area contributed by atoms with Crippen molar-refractivity contribution >= 4 is 23.3 Å². The van der Waals surface area contributed by atoms with Gasteiger partial charge in [0.25, 0.3) is 0 Å². The summed E-state index contributed by atoms with van der Waals surface area (Å²) in [5, 5.41) is -0.114. The van der Waals surface area contributed by atoms with Gasteiger partial charge in [-0.25, -0.2) is 8.78 Å². The summed E-state index contributed by atoms with van der Waals surface area (Å²) in [6, 6.07) is 6.24. The molecule has 22 heavy (non-hydrogen) atoms. The van der Waals surface area contributed by atoms with Gasteiger partial charge < -0.3 is 5.73 Å². The SMILES string of the molecule is NC(=O)c1ccc(F)c2c1CC(c1ccc(F)c(Cl)c1)C2=O. The van der Waals surface area contributed by atoms with Gasteiger partial charge in [-0.1, -0.05) is 17.7 Å². The summed E-state index contributed by atoms with van der Waals surface area (Å²) < 4.78 is 27.2. The number of carbonyl (C=O) groups excluding carboxylic acids is 2. The number of benzene rings is 2. The third kappa shape index (κ3) is 2.18. The molecular weight excluding hydrogens is 312 g/mol. The topological polar surface area (TPSA) is 60.2 Å². The summed E-state index contributed by atoms with van der Waals surface area (Å²) in [4.78, 5) is 23.9. The molecule has 1 unspecified atom stereocenters. The Morgan fingerprint density at radius 1 is 1.18 bits per heavy atom. The number of amides is 1. The fourth-order valence-corrected chi connectivity index (χ4v) is 2.99. The number of ketones is 1. The van der Waals surface area contributed by atoms with Crippen LogP contribution in [0, 0.1) is 11.6 Å². The molecule has 0 saturated heterocycles. The highest BCUT2D eigenvalue weighted by Gasteiger charge is 2.36. The van der Waals surface area contributed by atoms with Gasteiger partial charge in [-0.3, -0.25) is 9.59 Å². The van der Waals surface area contributed by atoms with E-state index >= 15 is 0 Å². The molecule has 0 spiro atoms. The predicted molar refractivity (Wildman–Crippen MR) is 77.1 cm³/mol. The Hall–Kier alpha value is -2.27. The number of rotatable bonds is 2. The maximum atomic E-state index is 14.0. The molecule has 6 heteroatoms. The van der Waals surface area contributed by atoms with E-state index in [2.05, 4.69) is 0 Å². The van der Waals surface area contributed by atoms with Crippen LogP contribution >= 0.6 is 11.6 Å². The Kier molecular flexibility index (Phi) is 3.45. The third-order valence-electron chi connectivity index (χ3n) is 3.84. The van der Waals surface area contributed by atoms with E-state index in [9.17, 15) is 18.4 Å². The molecular formula is C16H10ClF2NO2. The number of primary amides is 1. The van der Waals surface area contributed by atoms with Crippen molar-refractivity contribution in [2.45, 2.75) is 12.3 Å². The summed E-state index contributed by atoms with van der Waals surface area (Å²) in [6.45, 7) is 0. The standard InChI is InChI=1S/C16H10ClF2NO2/c17-11-5-7(1-3-12(11)18)9-6-10-8(16(20)22)2-4-13(19)14(10)15(9)21/h1-5,9H,6H2,(H2,20,22). The highest BCUT2D eigenvalue weighted by molar-refractivity contribution is 6.30. The number of halogens is 3. The van der Waals surface area contributed by atoms with Crippen LogP contribution in [0.3, 0.4) is 0 Å². The minimum atomic E-state index is -0.721. The average molecular weight is 322 g/mol. The largest absolute Gasteiger partial charge is 0.366 e. The van der Waals surface area contributed by atoms with Gasteiger partial charge >= 0.3 is 0 Å². The van der Waals surface area contributed by atoms with Gasteiger partial charge in [-0.05, 0) is 41.8 Å². The van der Waals surface area contributed by atoms with Crippen LogP contribution in [0.2, 0.25) is 5.02 Å². The number of nitrogens with two attached hydrogens (primary N) is 1. The molecule has 0 saturated carbocycles. The minimum Gasteiger partial charge on any atom is -0.366 e. The van der Waals surface area contributed by atoms with Gasteiger partial charge in [0.15, 0.2) is 5.78 Å². The van der Waals surface area contributed by atoms with Gasteiger partial charge in [0, 0.05) is 5.56 Å². The van der Waals surface area contributed by atoms with Crippen LogP contribution in [0.25, 0.3) is 0 Å². The Bertz CT molecular complexity index is 820. The molecule has 1 aliphatic carbocycles. The average Bonchev–Trinajstić information content (AvgIpc) is 2.80. The molecule has 112 valence electrons. The second-order valence-corrected chi connectivity index (χ2v) is 5.51. The van der Waals surface area contributed by atoms with Gasteiger partial charge in [-0.2, -0.15) is 0 Å². The number of Topliss-reactive ketones (excluding diaryl/α,β-unsaturated/α-hetero) is 1. The monoisotopic (exact) mass is 321 g/mol. The molecule has 3 rings (SSSR count). The van der Waals surface area contributed by atoms with Crippen LogP contribution in [0.1, 0.15) is 37.8 Å². The van der Waals surface area contributed by atoms with Gasteiger partial charge in [0.1, 0.15) is 11.6 Å². The molecule has 3 nitrogen and oxygen atoms in total. The van der Waals surface area contributed by atoms with Crippen molar-refractivity contribution in [3.63, 3.8) is 0 Å². The number of fused-ring (bicyclic) bond motifs is 1. The summed E-state index contributed by atoms with van der Waals surface area (Å²) in [7, 11) is 0. The molecule has 1 aliphatic rings. The molecule has 0 radical (unpaired) electrons. The van der Waals surface area contributed by atoms with E-state index in [1.807, 2.05) is 0 Å². The van der Waals surface area contributed by atoms with Gasteiger partial charge in [-0.15, -0.1) is 0 Å². The molecule has 0 aromatic heterocycles. The zero-order valence-electron chi connectivity index (χ0n) is 11.2. The molecule has 2 aromatic carbocycles. The molecule has 0 aliphatic heterocycles. The Balaban J connectivity index is 2.11. The van der Waals surface area contributed by atoms with Crippen LogP contribution in [-0.4, -0.2) is 11.7 Å². The number of hydrogen-bond donors (Lipinski definition) is 1. The fraction of sp³-hybridized carbons (Fsp3) is 0.125. The second kappa shape index (κ2) is 5.18. The van der Waals surface area contributed by atoms with Gasteiger partial charge in [0.05, 0.1) is 16.5 Å². The Labute approximate surface area is 129 Å². The maximum Gasteiger partial charge on any atom is 0.249 e. The first-order valence-corrected chi connectivity index (χ1v) is 6.88. The van der Waals surface area contributed by atoms with Gasteiger partial charge in [0.2, 0.25) is 5.91 Å². The first kappa shape index (κ1) is 14.7. The Morgan fingerprint density at radius 2 is 1.86 bits per heavy atom. The molecule has 0 fully saturated rings. The molecule has 2 N–H and O–H groups in total. The summed E-state index contributed by atoms with van der Waals surface area (Å²) in [5.74, 6) is -3.18. The van der Waals surface area contributed by atoms with E-state index in [0.717, 1.165) is 12.1 Å². The first-order chi connectivity index (χ1) is 10.4. The van der Waals surface area contributed by atoms with Crippen LogP contribution < -0.4 is 5.73 Å². The molecule has 1 amide bonds. The maximum absolute atomic E-state index is 14.0. The fourth-order valence-electron chi connectivity index (χ4n) is 2.80. The minimum absolute atomic E-state index is 0.114. The van der Waals surface area contributed by atoms with Crippen molar-refractivity contribution in [2.24, 2.45) is 5.73 Å². The lowest BCUT2D eigenvalue weighted by Crippen LogP contribution is -2.14. The van der Waals surface area contributed by atoms with Crippen molar-refractivity contribution in [1.82, 2.24) is 0 Å². The lowest BCUT2D eigenvalue weighted by Gasteiger charge is -2.09. The summed E-state index contributed by atoms with van der Waals surface area (Å²) in [6.07, 6.45) is 0.131. The quantitative estimate of drug-likeness (QED) is 0.923. The number of hydrogen-bond acceptors (Lipinski definition) is 2. The molecule has 0 heterocycles. The van der Waals surface area contributed by atoms with Crippen LogP contribution in [0.4, 0.5) is 8.78 Å². The normalized spacial score (nSPS) is 16.7. The van der Waals surface area contributed by atoms with E-state index in [4.69, 9.17) is 17.3 Å². The van der Waals surface area contributed by atoms with Crippen molar-refractivity contribution in [2.75, 3.05) is 0 Å². The van der Waals surface area contributed by atoms with E-state index in [1.54, 1.807) is 0 Å². The van der Waals surface area contributed by atoms with Crippen LogP contribution in [-0.2, 0) is 6.42 Å². The smallest absolute Gasteiger partial charge is 0.249 e. The van der Waals surface area contributed by atoms with Crippen molar-refractivity contribution in [3.8, 4) is 0 Å². The lowest BCUT2D eigenvalue weighted by atomic mass is 9.95. The van der Waals surface area contributed by atoms with E-state index in [1.165, 1.54) is 18.2 Å². The lowest BCUT2D eigenvalue weighted by molar-refractivity contribution is 0.0968. The predicted octanol–water partition coefficient (Wildman–Crippen LogP) is 3.24. The Morgan fingerprint density at radius 3 is 2.50 bits per heavy atom. The molecule has 0 bridgehead atoms. The van der Waals surface area contributed by atoms with E-state index in [-0.39, 0.29) is 22.6 Å².